The smallest absolute Gasteiger partial charge is 0.417 e. The summed E-state index contributed by atoms with van der Waals surface area (Å²) in [6.45, 7) is 6.85. The number of amides is 1. The van der Waals surface area contributed by atoms with Crippen molar-refractivity contribution in [3.63, 3.8) is 0 Å². The molecule has 5 nitrogen and oxygen atoms in total. The average Bonchev–Trinajstić information content (AvgIpc) is 2.46. The van der Waals surface area contributed by atoms with Gasteiger partial charge < -0.3 is 4.74 Å². The van der Waals surface area contributed by atoms with Gasteiger partial charge in [0.1, 0.15) is 5.60 Å². The fourth-order valence-corrected chi connectivity index (χ4v) is 2.00. The Morgan fingerprint density at radius 3 is 2.40 bits per heavy atom. The Morgan fingerprint density at radius 2 is 1.84 bits per heavy atom. The summed E-state index contributed by atoms with van der Waals surface area (Å²) in [4.78, 5) is 19.7. The number of alkyl halides is 3. The normalized spacial score (nSPS) is 12.0. The highest BCUT2D eigenvalue weighted by molar-refractivity contribution is 5.85. The largest absolute Gasteiger partial charge is 0.444 e. The standard InChI is InChI=1S/C17H18F3N3O2/c1-10-13(23-15(24)25-16(2,3)4)5-6-14(22-10)11-7-12(9-21-8-11)17(18,19)20/h5-9H,1-4H3,(H,23,24). The molecule has 2 rings (SSSR count). The lowest BCUT2D eigenvalue weighted by Gasteiger charge is -2.20. The van der Waals surface area contributed by atoms with Crippen molar-refractivity contribution in [1.82, 2.24) is 9.97 Å². The van der Waals surface area contributed by atoms with E-state index in [1.807, 2.05) is 0 Å². The zero-order valence-corrected chi connectivity index (χ0v) is 14.2. The molecule has 8 heteroatoms. The number of ether oxygens (including phenoxy) is 1. The van der Waals surface area contributed by atoms with Crippen LogP contribution < -0.4 is 5.32 Å². The zero-order valence-electron chi connectivity index (χ0n) is 14.2. The summed E-state index contributed by atoms with van der Waals surface area (Å²) < 4.78 is 43.5. The lowest BCUT2D eigenvalue weighted by Crippen LogP contribution is -2.27. The van der Waals surface area contributed by atoms with Gasteiger partial charge in [-0.2, -0.15) is 13.2 Å². The number of anilines is 1. The van der Waals surface area contributed by atoms with Crippen LogP contribution in [0.2, 0.25) is 0 Å². The lowest BCUT2D eigenvalue weighted by molar-refractivity contribution is -0.137. The number of carbonyl (C=O) groups is 1. The number of pyridine rings is 2. The molecular weight excluding hydrogens is 335 g/mol. The quantitative estimate of drug-likeness (QED) is 0.841. The fourth-order valence-electron chi connectivity index (χ4n) is 2.00. The van der Waals surface area contributed by atoms with Gasteiger partial charge in [-0.25, -0.2) is 4.79 Å². The van der Waals surface area contributed by atoms with Crippen LogP contribution in [0.3, 0.4) is 0 Å². The fraction of sp³-hybridized carbons (Fsp3) is 0.353. The number of nitrogens with one attached hydrogen (secondary N) is 1. The molecule has 2 aromatic heterocycles. The van der Waals surface area contributed by atoms with E-state index in [9.17, 15) is 18.0 Å². The van der Waals surface area contributed by atoms with Gasteiger partial charge in [-0.1, -0.05) is 0 Å². The van der Waals surface area contributed by atoms with Gasteiger partial charge in [0, 0.05) is 18.0 Å². The van der Waals surface area contributed by atoms with Crippen LogP contribution in [0.4, 0.5) is 23.7 Å². The first-order chi connectivity index (χ1) is 11.5. The molecular formula is C17H18F3N3O2. The summed E-state index contributed by atoms with van der Waals surface area (Å²) in [5, 5.41) is 2.56. The number of halogens is 3. The third kappa shape index (κ3) is 5.17. The molecule has 0 radical (unpaired) electrons. The van der Waals surface area contributed by atoms with Crippen molar-refractivity contribution in [3.05, 3.63) is 41.9 Å². The second kappa shape index (κ2) is 6.70. The number of rotatable bonds is 2. The van der Waals surface area contributed by atoms with Gasteiger partial charge in [-0.3, -0.25) is 15.3 Å². The van der Waals surface area contributed by atoms with Crippen LogP contribution >= 0.6 is 0 Å². The van der Waals surface area contributed by atoms with Crippen molar-refractivity contribution in [1.29, 1.82) is 0 Å². The summed E-state index contributed by atoms with van der Waals surface area (Å²) in [7, 11) is 0. The molecule has 0 aliphatic rings. The molecule has 25 heavy (non-hydrogen) atoms. The highest BCUT2D eigenvalue weighted by Crippen LogP contribution is 2.31. The number of nitrogens with zero attached hydrogens (tertiary/aromatic N) is 2. The van der Waals surface area contributed by atoms with Gasteiger partial charge >= 0.3 is 12.3 Å². The highest BCUT2D eigenvalue weighted by atomic mass is 19.4. The predicted octanol–water partition coefficient (Wildman–Crippen LogP) is 4.82. The maximum absolute atomic E-state index is 12.8. The molecule has 0 spiro atoms. The minimum absolute atomic E-state index is 0.238. The number of aryl methyl sites for hydroxylation is 1. The van der Waals surface area contributed by atoms with Crippen molar-refractivity contribution < 1.29 is 22.7 Å². The van der Waals surface area contributed by atoms with E-state index >= 15 is 0 Å². The van der Waals surface area contributed by atoms with Gasteiger partial charge in [0.05, 0.1) is 22.6 Å². The number of aromatic nitrogens is 2. The first-order valence-electron chi connectivity index (χ1n) is 7.46. The molecule has 1 N–H and O–H groups in total. The van der Waals surface area contributed by atoms with Crippen LogP contribution in [-0.2, 0) is 10.9 Å². The summed E-state index contributed by atoms with van der Waals surface area (Å²) in [5.41, 5.74) is -0.0681. The monoisotopic (exact) mass is 353 g/mol. The molecule has 0 atom stereocenters. The van der Waals surface area contributed by atoms with Gasteiger partial charge in [-0.15, -0.1) is 0 Å². The predicted molar refractivity (Wildman–Crippen MR) is 87.1 cm³/mol. The second-order valence-corrected chi connectivity index (χ2v) is 6.42. The molecule has 2 heterocycles. The van der Waals surface area contributed by atoms with Crippen LogP contribution in [0.25, 0.3) is 11.3 Å². The minimum Gasteiger partial charge on any atom is -0.444 e. The van der Waals surface area contributed by atoms with E-state index in [0.717, 1.165) is 12.3 Å². The summed E-state index contributed by atoms with van der Waals surface area (Å²) >= 11 is 0. The van der Waals surface area contributed by atoms with Gasteiger partial charge in [0.25, 0.3) is 0 Å². The van der Waals surface area contributed by atoms with Crippen molar-refractivity contribution >= 4 is 11.8 Å². The first-order valence-corrected chi connectivity index (χ1v) is 7.46. The Kier molecular flexibility index (Phi) is 5.01. The Hall–Kier alpha value is -2.64. The topological polar surface area (TPSA) is 64.1 Å². The number of hydrogen-bond donors (Lipinski definition) is 1. The van der Waals surface area contributed by atoms with Crippen LogP contribution in [0.1, 0.15) is 32.0 Å². The van der Waals surface area contributed by atoms with Crippen LogP contribution in [0, 0.1) is 6.92 Å². The zero-order chi connectivity index (χ0) is 18.8. The molecule has 0 saturated heterocycles. The van der Waals surface area contributed by atoms with Gasteiger partial charge in [0.15, 0.2) is 0 Å². The van der Waals surface area contributed by atoms with E-state index in [1.165, 1.54) is 12.3 Å². The van der Waals surface area contributed by atoms with E-state index < -0.39 is 23.4 Å². The van der Waals surface area contributed by atoms with E-state index in [2.05, 4.69) is 15.3 Å². The van der Waals surface area contributed by atoms with Crippen molar-refractivity contribution in [3.8, 4) is 11.3 Å². The van der Waals surface area contributed by atoms with Crippen molar-refractivity contribution in [2.75, 3.05) is 5.32 Å². The lowest BCUT2D eigenvalue weighted by atomic mass is 10.1. The van der Waals surface area contributed by atoms with Crippen molar-refractivity contribution in [2.24, 2.45) is 0 Å². The maximum atomic E-state index is 12.8. The molecule has 0 unspecified atom stereocenters. The highest BCUT2D eigenvalue weighted by Gasteiger charge is 2.31. The molecule has 0 aromatic carbocycles. The van der Waals surface area contributed by atoms with E-state index in [0.29, 0.717) is 17.1 Å². The van der Waals surface area contributed by atoms with E-state index in [-0.39, 0.29) is 5.56 Å². The summed E-state index contributed by atoms with van der Waals surface area (Å²) in [6.07, 6.45) is -3.05. The molecule has 0 saturated carbocycles. The SMILES string of the molecule is Cc1nc(-c2cncc(C(F)(F)F)c2)ccc1NC(=O)OC(C)(C)C. The van der Waals surface area contributed by atoms with Gasteiger partial charge in [-0.05, 0) is 45.9 Å². The summed E-state index contributed by atoms with van der Waals surface area (Å²) in [5.74, 6) is 0. The Bertz CT molecular complexity index is 783. The van der Waals surface area contributed by atoms with Crippen LogP contribution in [0.5, 0.6) is 0 Å². The van der Waals surface area contributed by atoms with Crippen molar-refractivity contribution in [2.45, 2.75) is 39.5 Å². The maximum Gasteiger partial charge on any atom is 0.417 e. The summed E-state index contributed by atoms with van der Waals surface area (Å²) in [6, 6.07) is 4.05. The van der Waals surface area contributed by atoms with Crippen LogP contribution in [0.15, 0.2) is 30.6 Å². The first kappa shape index (κ1) is 18.7. The molecule has 0 fully saturated rings. The molecule has 2 aromatic rings. The third-order valence-corrected chi connectivity index (χ3v) is 3.08. The molecule has 134 valence electrons. The van der Waals surface area contributed by atoms with Gasteiger partial charge in [0.2, 0.25) is 0 Å². The minimum atomic E-state index is -4.48. The average molecular weight is 353 g/mol. The second-order valence-electron chi connectivity index (χ2n) is 6.42. The Balaban J connectivity index is 2.24. The third-order valence-electron chi connectivity index (χ3n) is 3.08. The Labute approximate surface area is 143 Å². The number of hydrogen-bond acceptors (Lipinski definition) is 4. The Morgan fingerprint density at radius 1 is 1.16 bits per heavy atom. The van der Waals surface area contributed by atoms with Crippen LogP contribution in [-0.4, -0.2) is 21.7 Å². The van der Waals surface area contributed by atoms with E-state index in [1.54, 1.807) is 33.8 Å². The number of carbonyl (C=O) groups excluding carboxylic acids is 1. The molecule has 0 aliphatic carbocycles. The molecule has 1 amide bonds. The molecule has 0 bridgehead atoms. The van der Waals surface area contributed by atoms with E-state index in [4.69, 9.17) is 4.74 Å². The molecule has 0 aliphatic heterocycles.